The van der Waals surface area contributed by atoms with Crippen LogP contribution in [0.4, 0.5) is 0 Å². The zero-order chi connectivity index (χ0) is 11.4. The van der Waals surface area contributed by atoms with E-state index in [0.717, 1.165) is 0 Å². The van der Waals surface area contributed by atoms with Crippen molar-refractivity contribution in [1.29, 1.82) is 0 Å². The van der Waals surface area contributed by atoms with Crippen LogP contribution >= 0.6 is 0 Å². The number of aromatic nitrogens is 2. The smallest absolute Gasteiger partial charge is 0.324 e. The second kappa shape index (κ2) is 4.79. The lowest BCUT2D eigenvalue weighted by molar-refractivity contribution is -0.143. The first-order valence-electron chi connectivity index (χ1n) is 4.51. The molecule has 0 aromatic carbocycles. The highest BCUT2D eigenvalue weighted by Gasteiger charge is 2.23. The van der Waals surface area contributed by atoms with E-state index in [9.17, 15) is 4.79 Å². The lowest BCUT2D eigenvalue weighted by atomic mass is 10.1. The molecule has 6 heteroatoms. The molecule has 1 aromatic heterocycles. The van der Waals surface area contributed by atoms with Crippen molar-refractivity contribution in [1.82, 2.24) is 9.78 Å². The quantitative estimate of drug-likeness (QED) is 0.709. The maximum Gasteiger partial charge on any atom is 0.324 e. The molecule has 0 radical (unpaired) electrons. The largest absolute Gasteiger partial charge is 0.493 e. The molecule has 0 aliphatic rings. The van der Waals surface area contributed by atoms with Crippen molar-refractivity contribution in [2.24, 2.45) is 5.73 Å². The summed E-state index contributed by atoms with van der Waals surface area (Å²) < 4.78 is 11.1. The number of hydrogen-bond acceptors (Lipinski definition) is 5. The van der Waals surface area contributed by atoms with Crippen LogP contribution in [0.1, 0.15) is 13.0 Å². The van der Waals surface area contributed by atoms with Crippen molar-refractivity contribution in [3.8, 4) is 5.75 Å². The molecule has 0 aliphatic heterocycles. The highest BCUT2D eigenvalue weighted by Crippen LogP contribution is 2.14. The Kier molecular flexibility index (Phi) is 3.68. The molecule has 0 saturated carbocycles. The average Bonchev–Trinajstić information content (AvgIpc) is 2.74. The first-order chi connectivity index (χ1) is 7.10. The molecule has 0 amide bonds. The average molecular weight is 213 g/mol. The Morgan fingerprint density at radius 2 is 2.27 bits per heavy atom. The van der Waals surface area contributed by atoms with Gasteiger partial charge in [0.1, 0.15) is 6.04 Å². The predicted molar refractivity (Wildman–Crippen MR) is 53.5 cm³/mol. The molecule has 15 heavy (non-hydrogen) atoms. The molecule has 2 atom stereocenters. The molecular weight excluding hydrogens is 198 g/mol. The summed E-state index contributed by atoms with van der Waals surface area (Å²) in [5, 5.41) is 4.03. The van der Waals surface area contributed by atoms with E-state index >= 15 is 0 Å². The van der Waals surface area contributed by atoms with Gasteiger partial charge in [-0.2, -0.15) is 5.10 Å². The van der Waals surface area contributed by atoms with E-state index in [0.29, 0.717) is 5.75 Å². The number of esters is 1. The van der Waals surface area contributed by atoms with Crippen molar-refractivity contribution in [3.05, 3.63) is 12.4 Å². The minimum absolute atomic E-state index is 0.277. The number of carbonyl (C=O) groups is 1. The summed E-state index contributed by atoms with van der Waals surface area (Å²) in [5.74, 6) is 0.163. The third-order valence-corrected chi connectivity index (χ3v) is 2.22. The SMILES string of the molecule is COC(=O)C(N)C(C)n1cc(OC)cn1. The van der Waals surface area contributed by atoms with Gasteiger partial charge in [-0.05, 0) is 6.92 Å². The summed E-state index contributed by atoms with van der Waals surface area (Å²) >= 11 is 0. The number of nitrogens with two attached hydrogens (primary N) is 1. The monoisotopic (exact) mass is 213 g/mol. The number of hydrogen-bond donors (Lipinski definition) is 1. The molecular formula is C9H15N3O3. The summed E-state index contributed by atoms with van der Waals surface area (Å²) in [5.41, 5.74) is 5.68. The molecule has 0 saturated heterocycles. The molecule has 1 aromatic rings. The molecule has 84 valence electrons. The number of ether oxygens (including phenoxy) is 2. The van der Waals surface area contributed by atoms with Gasteiger partial charge in [0, 0.05) is 0 Å². The number of carbonyl (C=O) groups excluding carboxylic acids is 1. The summed E-state index contributed by atoms with van der Waals surface area (Å²) in [7, 11) is 2.85. The Hall–Kier alpha value is -1.56. The van der Waals surface area contributed by atoms with Crippen LogP contribution in [0.2, 0.25) is 0 Å². The van der Waals surface area contributed by atoms with Gasteiger partial charge in [-0.1, -0.05) is 0 Å². The molecule has 1 heterocycles. The van der Waals surface area contributed by atoms with E-state index in [2.05, 4.69) is 9.84 Å². The fourth-order valence-corrected chi connectivity index (χ4v) is 1.15. The lowest BCUT2D eigenvalue weighted by Crippen LogP contribution is -2.39. The number of rotatable bonds is 4. The van der Waals surface area contributed by atoms with Gasteiger partial charge in [-0.25, -0.2) is 0 Å². The van der Waals surface area contributed by atoms with E-state index in [1.165, 1.54) is 7.11 Å². The van der Waals surface area contributed by atoms with Crippen LogP contribution in [0, 0.1) is 0 Å². The fraction of sp³-hybridized carbons (Fsp3) is 0.556. The van der Waals surface area contributed by atoms with Gasteiger partial charge in [-0.15, -0.1) is 0 Å². The van der Waals surface area contributed by atoms with Gasteiger partial charge in [0.25, 0.3) is 0 Å². The van der Waals surface area contributed by atoms with Crippen molar-refractivity contribution < 1.29 is 14.3 Å². The van der Waals surface area contributed by atoms with Crippen molar-refractivity contribution >= 4 is 5.97 Å². The normalized spacial score (nSPS) is 14.4. The zero-order valence-electron chi connectivity index (χ0n) is 9.01. The lowest BCUT2D eigenvalue weighted by Gasteiger charge is -2.17. The molecule has 2 unspecified atom stereocenters. The van der Waals surface area contributed by atoms with E-state index in [-0.39, 0.29) is 6.04 Å². The Bertz CT molecular complexity index is 337. The Morgan fingerprint density at radius 1 is 1.60 bits per heavy atom. The molecule has 1 rings (SSSR count). The summed E-state index contributed by atoms with van der Waals surface area (Å²) in [6.07, 6.45) is 3.23. The summed E-state index contributed by atoms with van der Waals surface area (Å²) in [4.78, 5) is 11.2. The van der Waals surface area contributed by atoms with Gasteiger partial charge in [-0.3, -0.25) is 9.48 Å². The van der Waals surface area contributed by atoms with Crippen LogP contribution < -0.4 is 10.5 Å². The van der Waals surface area contributed by atoms with Crippen molar-refractivity contribution in [2.45, 2.75) is 19.0 Å². The molecule has 6 nitrogen and oxygen atoms in total. The minimum atomic E-state index is -0.736. The zero-order valence-corrected chi connectivity index (χ0v) is 9.01. The number of methoxy groups -OCH3 is 2. The van der Waals surface area contributed by atoms with Crippen molar-refractivity contribution in [3.63, 3.8) is 0 Å². The Balaban J connectivity index is 2.75. The first-order valence-corrected chi connectivity index (χ1v) is 4.51. The van der Waals surface area contributed by atoms with Crippen LogP contribution in [0.15, 0.2) is 12.4 Å². The third-order valence-electron chi connectivity index (χ3n) is 2.22. The molecule has 0 aliphatic carbocycles. The fourth-order valence-electron chi connectivity index (χ4n) is 1.15. The van der Waals surface area contributed by atoms with Crippen LogP contribution in [-0.4, -0.2) is 36.0 Å². The van der Waals surface area contributed by atoms with Gasteiger partial charge >= 0.3 is 5.97 Å². The van der Waals surface area contributed by atoms with Gasteiger partial charge in [0.2, 0.25) is 0 Å². The minimum Gasteiger partial charge on any atom is -0.493 e. The topological polar surface area (TPSA) is 79.4 Å². The first kappa shape index (κ1) is 11.5. The van der Waals surface area contributed by atoms with Crippen LogP contribution in [0.5, 0.6) is 5.75 Å². The summed E-state index contributed by atoms with van der Waals surface area (Å²) in [6.45, 7) is 1.79. The maximum atomic E-state index is 11.2. The highest BCUT2D eigenvalue weighted by molar-refractivity contribution is 5.75. The number of nitrogens with zero attached hydrogens (tertiary/aromatic N) is 2. The van der Waals surface area contributed by atoms with Gasteiger partial charge in [0.15, 0.2) is 5.75 Å². The molecule has 0 fully saturated rings. The third kappa shape index (κ3) is 2.47. The van der Waals surface area contributed by atoms with Crippen LogP contribution in [0.25, 0.3) is 0 Å². The molecule has 2 N–H and O–H groups in total. The summed E-state index contributed by atoms with van der Waals surface area (Å²) in [6, 6.07) is -1.01. The highest BCUT2D eigenvalue weighted by atomic mass is 16.5. The van der Waals surface area contributed by atoms with Crippen LogP contribution in [0.3, 0.4) is 0 Å². The maximum absolute atomic E-state index is 11.2. The van der Waals surface area contributed by atoms with E-state index in [1.54, 1.807) is 31.1 Å². The second-order valence-corrected chi connectivity index (χ2v) is 3.15. The standard InChI is InChI=1S/C9H15N3O3/c1-6(8(10)9(13)15-3)12-5-7(14-2)4-11-12/h4-6,8H,10H2,1-3H3. The molecule has 0 bridgehead atoms. The van der Waals surface area contributed by atoms with Crippen LogP contribution in [-0.2, 0) is 9.53 Å². The Morgan fingerprint density at radius 3 is 2.73 bits per heavy atom. The van der Waals surface area contributed by atoms with Gasteiger partial charge < -0.3 is 15.2 Å². The van der Waals surface area contributed by atoms with E-state index < -0.39 is 12.0 Å². The predicted octanol–water partition coefficient (Wildman–Crippen LogP) is -0.0470. The van der Waals surface area contributed by atoms with E-state index in [4.69, 9.17) is 10.5 Å². The molecule has 0 spiro atoms. The van der Waals surface area contributed by atoms with Crippen molar-refractivity contribution in [2.75, 3.05) is 14.2 Å². The van der Waals surface area contributed by atoms with Gasteiger partial charge in [0.05, 0.1) is 32.7 Å². The second-order valence-electron chi connectivity index (χ2n) is 3.15. The van der Waals surface area contributed by atoms with E-state index in [1.807, 2.05) is 0 Å². The Labute approximate surface area is 88.0 Å².